The highest BCUT2D eigenvalue weighted by atomic mass is 16.7. The SMILES string of the molecule is CCOc1ccc(/C=C/C(=O)NCC(OC)OC)cc1. The number of benzene rings is 1. The van der Waals surface area contributed by atoms with Gasteiger partial charge in [-0.2, -0.15) is 0 Å². The summed E-state index contributed by atoms with van der Waals surface area (Å²) in [5.74, 6) is 0.620. The van der Waals surface area contributed by atoms with Crippen molar-refractivity contribution < 1.29 is 19.0 Å². The van der Waals surface area contributed by atoms with Crippen LogP contribution in [-0.2, 0) is 14.3 Å². The highest BCUT2D eigenvalue weighted by molar-refractivity contribution is 5.91. The van der Waals surface area contributed by atoms with Crippen molar-refractivity contribution in [3.63, 3.8) is 0 Å². The van der Waals surface area contributed by atoms with Gasteiger partial charge in [-0.15, -0.1) is 0 Å². The first-order valence-electron chi connectivity index (χ1n) is 6.44. The number of nitrogens with one attached hydrogen (secondary N) is 1. The van der Waals surface area contributed by atoms with Crippen LogP contribution in [0.25, 0.3) is 6.08 Å². The lowest BCUT2D eigenvalue weighted by atomic mass is 10.2. The number of hydrogen-bond donors (Lipinski definition) is 1. The van der Waals surface area contributed by atoms with Crippen LogP contribution in [0.2, 0.25) is 0 Å². The van der Waals surface area contributed by atoms with Crippen LogP contribution in [0.1, 0.15) is 12.5 Å². The van der Waals surface area contributed by atoms with Crippen molar-refractivity contribution in [2.45, 2.75) is 13.2 Å². The van der Waals surface area contributed by atoms with E-state index in [1.54, 1.807) is 6.08 Å². The smallest absolute Gasteiger partial charge is 0.244 e. The molecule has 0 heterocycles. The minimum Gasteiger partial charge on any atom is -0.494 e. The maximum Gasteiger partial charge on any atom is 0.244 e. The Balaban J connectivity index is 2.44. The van der Waals surface area contributed by atoms with Crippen LogP contribution in [0.5, 0.6) is 5.75 Å². The van der Waals surface area contributed by atoms with Crippen molar-refractivity contribution in [2.24, 2.45) is 0 Å². The van der Waals surface area contributed by atoms with Gasteiger partial charge in [0.1, 0.15) is 5.75 Å². The molecular weight excluding hydrogens is 258 g/mol. The molecular formula is C15H21NO4. The van der Waals surface area contributed by atoms with Gasteiger partial charge in [-0.25, -0.2) is 0 Å². The molecule has 0 aromatic heterocycles. The second-order valence-corrected chi connectivity index (χ2v) is 3.98. The summed E-state index contributed by atoms with van der Waals surface area (Å²) in [5.41, 5.74) is 0.929. The molecule has 0 aliphatic rings. The first-order chi connectivity index (χ1) is 9.69. The molecule has 1 amide bonds. The highest BCUT2D eigenvalue weighted by Gasteiger charge is 2.05. The van der Waals surface area contributed by atoms with E-state index < -0.39 is 6.29 Å². The summed E-state index contributed by atoms with van der Waals surface area (Å²) >= 11 is 0. The molecule has 0 aliphatic carbocycles. The van der Waals surface area contributed by atoms with E-state index in [1.165, 1.54) is 20.3 Å². The fourth-order valence-electron chi connectivity index (χ4n) is 1.52. The Kier molecular flexibility index (Phi) is 7.39. The summed E-state index contributed by atoms with van der Waals surface area (Å²) in [6.07, 6.45) is 2.77. The molecule has 0 radical (unpaired) electrons. The summed E-state index contributed by atoms with van der Waals surface area (Å²) in [6.45, 7) is 2.88. The van der Waals surface area contributed by atoms with Crippen molar-refractivity contribution in [3.8, 4) is 5.75 Å². The van der Waals surface area contributed by atoms with Gasteiger partial charge in [-0.1, -0.05) is 12.1 Å². The predicted molar refractivity (Wildman–Crippen MR) is 77.5 cm³/mol. The Morgan fingerprint density at radius 3 is 2.45 bits per heavy atom. The average molecular weight is 279 g/mol. The van der Waals surface area contributed by atoms with E-state index in [0.29, 0.717) is 13.2 Å². The molecule has 110 valence electrons. The van der Waals surface area contributed by atoms with Gasteiger partial charge < -0.3 is 19.5 Å². The number of hydrogen-bond acceptors (Lipinski definition) is 4. The lowest BCUT2D eigenvalue weighted by Crippen LogP contribution is -2.33. The van der Waals surface area contributed by atoms with Crippen LogP contribution in [-0.4, -0.2) is 39.6 Å². The topological polar surface area (TPSA) is 56.8 Å². The number of carbonyl (C=O) groups excluding carboxylic acids is 1. The molecule has 20 heavy (non-hydrogen) atoms. The van der Waals surface area contributed by atoms with Crippen LogP contribution in [0.4, 0.5) is 0 Å². The Hall–Kier alpha value is -1.85. The third-order valence-electron chi connectivity index (χ3n) is 2.59. The number of carbonyl (C=O) groups is 1. The van der Waals surface area contributed by atoms with Gasteiger partial charge in [0.2, 0.25) is 5.91 Å². The largest absolute Gasteiger partial charge is 0.494 e. The zero-order valence-electron chi connectivity index (χ0n) is 12.1. The minimum absolute atomic E-state index is 0.196. The van der Waals surface area contributed by atoms with Crippen LogP contribution >= 0.6 is 0 Å². The molecule has 1 N–H and O–H groups in total. The zero-order valence-corrected chi connectivity index (χ0v) is 12.1. The molecule has 0 spiro atoms. The second kappa shape index (κ2) is 9.12. The Morgan fingerprint density at radius 1 is 1.25 bits per heavy atom. The summed E-state index contributed by atoms with van der Waals surface area (Å²) in [4.78, 5) is 11.6. The summed E-state index contributed by atoms with van der Waals surface area (Å²) < 4.78 is 15.3. The average Bonchev–Trinajstić information content (AvgIpc) is 2.48. The van der Waals surface area contributed by atoms with Gasteiger partial charge >= 0.3 is 0 Å². The molecule has 0 saturated carbocycles. The van der Waals surface area contributed by atoms with E-state index in [9.17, 15) is 4.79 Å². The fourth-order valence-corrected chi connectivity index (χ4v) is 1.52. The van der Waals surface area contributed by atoms with E-state index in [0.717, 1.165) is 11.3 Å². The van der Waals surface area contributed by atoms with Crippen LogP contribution in [0, 0.1) is 0 Å². The molecule has 0 unspecified atom stereocenters. The number of ether oxygens (including phenoxy) is 3. The number of amides is 1. The lowest BCUT2D eigenvalue weighted by Gasteiger charge is -2.12. The number of rotatable bonds is 8. The molecule has 0 saturated heterocycles. The van der Waals surface area contributed by atoms with Crippen LogP contribution in [0.3, 0.4) is 0 Å². The summed E-state index contributed by atoms with van der Waals surface area (Å²) in [6, 6.07) is 7.52. The molecule has 0 fully saturated rings. The summed E-state index contributed by atoms with van der Waals surface area (Å²) in [7, 11) is 3.05. The van der Waals surface area contributed by atoms with Gasteiger partial charge in [0, 0.05) is 20.3 Å². The molecule has 5 heteroatoms. The van der Waals surface area contributed by atoms with Crippen molar-refractivity contribution in [3.05, 3.63) is 35.9 Å². The predicted octanol–water partition coefficient (Wildman–Crippen LogP) is 1.83. The van der Waals surface area contributed by atoms with Crippen molar-refractivity contribution in [1.29, 1.82) is 0 Å². The van der Waals surface area contributed by atoms with E-state index in [1.807, 2.05) is 31.2 Å². The molecule has 0 aliphatic heterocycles. The van der Waals surface area contributed by atoms with Gasteiger partial charge in [0.15, 0.2) is 6.29 Å². The van der Waals surface area contributed by atoms with Gasteiger partial charge in [0.25, 0.3) is 0 Å². The van der Waals surface area contributed by atoms with E-state index >= 15 is 0 Å². The molecule has 0 atom stereocenters. The molecule has 5 nitrogen and oxygen atoms in total. The first-order valence-corrected chi connectivity index (χ1v) is 6.44. The Morgan fingerprint density at radius 2 is 1.90 bits per heavy atom. The summed E-state index contributed by atoms with van der Waals surface area (Å²) in [5, 5.41) is 2.69. The molecule has 1 aromatic rings. The zero-order chi connectivity index (χ0) is 14.8. The minimum atomic E-state index is -0.433. The van der Waals surface area contributed by atoms with Crippen molar-refractivity contribution in [1.82, 2.24) is 5.32 Å². The van der Waals surface area contributed by atoms with Crippen LogP contribution < -0.4 is 10.1 Å². The first kappa shape index (κ1) is 16.2. The lowest BCUT2D eigenvalue weighted by molar-refractivity contribution is -0.123. The fraction of sp³-hybridized carbons (Fsp3) is 0.400. The van der Waals surface area contributed by atoms with Crippen molar-refractivity contribution >= 4 is 12.0 Å². The van der Waals surface area contributed by atoms with Crippen molar-refractivity contribution in [2.75, 3.05) is 27.4 Å². The second-order valence-electron chi connectivity index (χ2n) is 3.98. The van der Waals surface area contributed by atoms with Gasteiger partial charge in [-0.3, -0.25) is 4.79 Å². The number of methoxy groups -OCH3 is 2. The van der Waals surface area contributed by atoms with E-state index in [-0.39, 0.29) is 5.91 Å². The van der Waals surface area contributed by atoms with Crippen LogP contribution in [0.15, 0.2) is 30.3 Å². The van der Waals surface area contributed by atoms with Gasteiger partial charge in [0.05, 0.1) is 13.2 Å². The monoisotopic (exact) mass is 279 g/mol. The Labute approximate surface area is 119 Å². The van der Waals surface area contributed by atoms with Gasteiger partial charge in [-0.05, 0) is 30.7 Å². The third-order valence-corrected chi connectivity index (χ3v) is 2.59. The van der Waals surface area contributed by atoms with E-state index in [2.05, 4.69) is 5.32 Å². The Bertz CT molecular complexity index is 424. The molecule has 1 rings (SSSR count). The van der Waals surface area contributed by atoms with E-state index in [4.69, 9.17) is 14.2 Å². The molecule has 0 bridgehead atoms. The maximum atomic E-state index is 11.6. The molecule has 1 aromatic carbocycles. The normalized spacial score (nSPS) is 11.0. The highest BCUT2D eigenvalue weighted by Crippen LogP contribution is 2.12. The quantitative estimate of drug-likeness (QED) is 0.582. The standard InChI is InChI=1S/C15H21NO4/c1-4-20-13-8-5-12(6-9-13)7-10-14(17)16-11-15(18-2)19-3/h5-10,15H,4,11H2,1-3H3,(H,16,17)/b10-7+. The maximum absolute atomic E-state index is 11.6. The third kappa shape index (κ3) is 5.86.